The molecule has 1 heterocycles. The molecule has 0 aliphatic heterocycles. The third kappa shape index (κ3) is 3.06. The lowest BCUT2D eigenvalue weighted by Crippen LogP contribution is -1.77. The van der Waals surface area contributed by atoms with Crippen molar-refractivity contribution in [2.45, 2.75) is 0 Å². The smallest absolute Gasteiger partial charge is 0.169 e. The van der Waals surface area contributed by atoms with E-state index in [0.717, 1.165) is 11.4 Å². The minimum atomic E-state index is 0.707. The lowest BCUT2D eigenvalue weighted by atomic mass is 10.1. The van der Waals surface area contributed by atoms with Crippen molar-refractivity contribution in [2.24, 2.45) is 4.99 Å². The summed E-state index contributed by atoms with van der Waals surface area (Å²) >= 11 is 3.27. The first-order chi connectivity index (χ1) is 9.81. The number of nitrogens with zero attached hydrogens (tertiary/aromatic N) is 1. The van der Waals surface area contributed by atoms with Gasteiger partial charge in [0.15, 0.2) is 4.67 Å². The monoisotopic (exact) mass is 325 g/mol. The van der Waals surface area contributed by atoms with Crippen LogP contribution in [-0.2, 0) is 0 Å². The van der Waals surface area contributed by atoms with Gasteiger partial charge in [-0.3, -0.25) is 4.99 Å². The van der Waals surface area contributed by atoms with Gasteiger partial charge in [0.1, 0.15) is 5.76 Å². The van der Waals surface area contributed by atoms with Crippen LogP contribution < -0.4 is 0 Å². The molecule has 2 nitrogen and oxygen atoms in total. The van der Waals surface area contributed by atoms with Crippen LogP contribution in [0.15, 0.2) is 80.8 Å². The number of halogens is 1. The second-order valence-electron chi connectivity index (χ2n) is 4.31. The quantitative estimate of drug-likeness (QED) is 0.587. The second-order valence-corrected chi connectivity index (χ2v) is 5.09. The zero-order chi connectivity index (χ0) is 13.8. The lowest BCUT2D eigenvalue weighted by Gasteiger charge is -2.01. The Morgan fingerprint density at radius 2 is 1.50 bits per heavy atom. The van der Waals surface area contributed by atoms with Crippen LogP contribution in [0.3, 0.4) is 0 Å². The Morgan fingerprint density at radius 1 is 0.800 bits per heavy atom. The van der Waals surface area contributed by atoms with E-state index < -0.39 is 0 Å². The summed E-state index contributed by atoms with van der Waals surface area (Å²) in [6, 6.07) is 22.1. The number of rotatable bonds is 3. The average Bonchev–Trinajstić information content (AvgIpc) is 2.92. The Kier molecular flexibility index (Phi) is 3.79. The van der Waals surface area contributed by atoms with Crippen LogP contribution in [0.5, 0.6) is 0 Å². The minimum absolute atomic E-state index is 0.707. The zero-order valence-electron chi connectivity index (χ0n) is 10.7. The maximum atomic E-state index is 5.37. The molecule has 3 heteroatoms. The predicted molar refractivity (Wildman–Crippen MR) is 85.5 cm³/mol. The maximum absolute atomic E-state index is 5.37. The molecule has 20 heavy (non-hydrogen) atoms. The van der Waals surface area contributed by atoms with Crippen molar-refractivity contribution in [3.05, 3.63) is 77.2 Å². The summed E-state index contributed by atoms with van der Waals surface area (Å²) in [5, 5.41) is 0. The molecule has 0 radical (unpaired) electrons. The molecule has 0 saturated heterocycles. The molecule has 0 N–H and O–H groups in total. The van der Waals surface area contributed by atoms with Gasteiger partial charge < -0.3 is 4.42 Å². The molecule has 2 aromatic carbocycles. The molecule has 3 aromatic rings. The molecular weight excluding hydrogens is 314 g/mol. The van der Waals surface area contributed by atoms with Gasteiger partial charge in [0.2, 0.25) is 0 Å². The van der Waals surface area contributed by atoms with Crippen LogP contribution in [0.2, 0.25) is 0 Å². The van der Waals surface area contributed by atoms with Crippen molar-refractivity contribution >= 4 is 27.8 Å². The van der Waals surface area contributed by atoms with E-state index in [1.807, 2.05) is 42.5 Å². The van der Waals surface area contributed by atoms with Gasteiger partial charge in [0.25, 0.3) is 0 Å². The highest BCUT2D eigenvalue weighted by atomic mass is 79.9. The van der Waals surface area contributed by atoms with Crippen molar-refractivity contribution in [2.75, 3.05) is 0 Å². The van der Waals surface area contributed by atoms with E-state index in [1.165, 1.54) is 11.1 Å². The Bertz CT molecular complexity index is 714. The summed E-state index contributed by atoms with van der Waals surface area (Å²) in [7, 11) is 0. The van der Waals surface area contributed by atoms with Gasteiger partial charge in [-0.25, -0.2) is 0 Å². The van der Waals surface area contributed by atoms with E-state index in [9.17, 15) is 0 Å². The highest BCUT2D eigenvalue weighted by Crippen LogP contribution is 2.22. The van der Waals surface area contributed by atoms with E-state index in [0.29, 0.717) is 4.67 Å². The van der Waals surface area contributed by atoms with Gasteiger partial charge in [-0.05, 0) is 51.3 Å². The van der Waals surface area contributed by atoms with Crippen molar-refractivity contribution < 1.29 is 4.42 Å². The first kappa shape index (κ1) is 12.9. The second kappa shape index (κ2) is 5.88. The van der Waals surface area contributed by atoms with Crippen molar-refractivity contribution in [1.29, 1.82) is 0 Å². The van der Waals surface area contributed by atoms with Crippen LogP contribution in [0.4, 0.5) is 5.69 Å². The summed E-state index contributed by atoms with van der Waals surface area (Å²) in [4.78, 5) is 4.39. The Hall–Kier alpha value is -2.13. The largest absolute Gasteiger partial charge is 0.448 e. The molecule has 0 aliphatic carbocycles. The highest BCUT2D eigenvalue weighted by Gasteiger charge is 1.97. The zero-order valence-corrected chi connectivity index (χ0v) is 12.2. The van der Waals surface area contributed by atoms with Gasteiger partial charge in [-0.2, -0.15) is 0 Å². The number of aliphatic imine (C=N–C) groups is 1. The van der Waals surface area contributed by atoms with Crippen LogP contribution in [-0.4, -0.2) is 6.21 Å². The van der Waals surface area contributed by atoms with Crippen LogP contribution in [0.25, 0.3) is 11.1 Å². The van der Waals surface area contributed by atoms with Crippen molar-refractivity contribution in [3.63, 3.8) is 0 Å². The molecule has 98 valence electrons. The topological polar surface area (TPSA) is 25.5 Å². The molecular formula is C17H12BrNO. The Balaban J connectivity index is 1.78. The third-order valence-corrected chi connectivity index (χ3v) is 3.34. The molecule has 0 atom stereocenters. The Morgan fingerprint density at radius 3 is 2.15 bits per heavy atom. The van der Waals surface area contributed by atoms with Gasteiger partial charge in [0.05, 0.1) is 11.9 Å². The standard InChI is InChI=1S/C17H12BrNO/c18-17-11-10-16(20-17)12-19-15-8-6-14(7-9-15)13-4-2-1-3-5-13/h1-12H. The summed E-state index contributed by atoms with van der Waals surface area (Å²) < 4.78 is 6.07. The third-order valence-electron chi connectivity index (χ3n) is 2.91. The first-order valence-corrected chi connectivity index (χ1v) is 7.05. The molecule has 0 spiro atoms. The molecule has 3 rings (SSSR count). The molecule has 0 unspecified atom stereocenters. The number of benzene rings is 2. The van der Waals surface area contributed by atoms with Crippen LogP contribution in [0.1, 0.15) is 5.76 Å². The Labute approximate surface area is 125 Å². The summed E-state index contributed by atoms with van der Waals surface area (Å²) in [5.41, 5.74) is 3.29. The fourth-order valence-electron chi connectivity index (χ4n) is 1.91. The van der Waals surface area contributed by atoms with E-state index in [2.05, 4.69) is 45.2 Å². The summed E-state index contributed by atoms with van der Waals surface area (Å²) in [6.07, 6.45) is 1.71. The van der Waals surface area contributed by atoms with E-state index >= 15 is 0 Å². The predicted octanol–water partition coefficient (Wildman–Crippen LogP) is 5.46. The minimum Gasteiger partial charge on any atom is -0.448 e. The summed E-state index contributed by atoms with van der Waals surface area (Å²) in [5.74, 6) is 0.726. The first-order valence-electron chi connectivity index (χ1n) is 6.26. The number of hydrogen-bond donors (Lipinski definition) is 0. The molecule has 0 amide bonds. The van der Waals surface area contributed by atoms with Gasteiger partial charge in [-0.15, -0.1) is 0 Å². The van der Waals surface area contributed by atoms with Crippen molar-refractivity contribution in [3.8, 4) is 11.1 Å². The molecule has 0 bridgehead atoms. The molecule has 0 saturated carbocycles. The van der Waals surface area contributed by atoms with Crippen LogP contribution >= 0.6 is 15.9 Å². The van der Waals surface area contributed by atoms with E-state index in [1.54, 1.807) is 6.21 Å². The van der Waals surface area contributed by atoms with Crippen molar-refractivity contribution in [1.82, 2.24) is 0 Å². The molecule has 0 aliphatic rings. The molecule has 1 aromatic heterocycles. The fraction of sp³-hybridized carbons (Fsp3) is 0. The van der Waals surface area contributed by atoms with Gasteiger partial charge >= 0.3 is 0 Å². The number of hydrogen-bond acceptors (Lipinski definition) is 2. The molecule has 0 fully saturated rings. The van der Waals surface area contributed by atoms with Gasteiger partial charge in [-0.1, -0.05) is 42.5 Å². The summed E-state index contributed by atoms with van der Waals surface area (Å²) in [6.45, 7) is 0. The average molecular weight is 326 g/mol. The maximum Gasteiger partial charge on any atom is 0.169 e. The van der Waals surface area contributed by atoms with Gasteiger partial charge in [0, 0.05) is 0 Å². The fourth-order valence-corrected chi connectivity index (χ4v) is 2.23. The van der Waals surface area contributed by atoms with E-state index in [4.69, 9.17) is 4.42 Å². The van der Waals surface area contributed by atoms with E-state index in [-0.39, 0.29) is 0 Å². The van der Waals surface area contributed by atoms with Crippen LogP contribution in [0, 0.1) is 0 Å². The SMILES string of the molecule is Brc1ccc(C=Nc2ccc(-c3ccccc3)cc2)o1. The lowest BCUT2D eigenvalue weighted by molar-refractivity contribution is 0.535. The normalized spacial score (nSPS) is 11.1. The number of furan rings is 1. The highest BCUT2D eigenvalue weighted by molar-refractivity contribution is 9.10.